The van der Waals surface area contributed by atoms with Crippen molar-refractivity contribution in [1.82, 2.24) is 10.6 Å². The van der Waals surface area contributed by atoms with Crippen molar-refractivity contribution in [3.63, 3.8) is 0 Å². The molecule has 0 saturated carbocycles. The number of carbonyl (C=O) groups is 3. The van der Waals surface area contributed by atoms with Crippen molar-refractivity contribution in [2.24, 2.45) is 11.8 Å². The molecule has 2 rings (SSSR count). The Hall–Kier alpha value is -3.79. The number of carbonyl (C=O) groups excluding carboxylic acids is 3. The van der Waals surface area contributed by atoms with Gasteiger partial charge in [-0.25, -0.2) is 0 Å². The molecule has 0 heterocycles. The van der Waals surface area contributed by atoms with E-state index in [4.69, 9.17) is 19.3 Å². The molecule has 0 aliphatic rings. The Labute approximate surface area is 255 Å². The van der Waals surface area contributed by atoms with Gasteiger partial charge in [-0.15, -0.1) is 13.2 Å². The Morgan fingerprint density at radius 3 is 2.28 bits per heavy atom. The summed E-state index contributed by atoms with van der Waals surface area (Å²) in [5, 5.41) is 14.5. The minimum absolute atomic E-state index is 0.0615. The number of benzene rings is 2. The first kappa shape index (κ1) is 35.4. The van der Waals surface area contributed by atoms with Crippen LogP contribution < -0.4 is 10.6 Å². The Morgan fingerprint density at radius 1 is 0.953 bits per heavy atom. The normalized spacial score (nSPS) is 13.6. The zero-order valence-electron chi connectivity index (χ0n) is 25.1. The van der Waals surface area contributed by atoms with E-state index >= 15 is 0 Å². The summed E-state index contributed by atoms with van der Waals surface area (Å²) in [6, 6.07) is 18.3. The van der Waals surface area contributed by atoms with Gasteiger partial charge >= 0.3 is 5.97 Å². The second kappa shape index (κ2) is 21.0. The number of amides is 2. The molecule has 0 saturated heterocycles. The summed E-state index contributed by atoms with van der Waals surface area (Å²) < 4.78 is 16.8. The first-order chi connectivity index (χ1) is 20.9. The van der Waals surface area contributed by atoms with Crippen molar-refractivity contribution in [2.45, 2.75) is 44.2 Å². The van der Waals surface area contributed by atoms with Crippen LogP contribution in [0.15, 0.2) is 86.0 Å². The number of ether oxygens (including phenoxy) is 3. The van der Waals surface area contributed by atoms with Gasteiger partial charge in [-0.3, -0.25) is 14.4 Å². The van der Waals surface area contributed by atoms with E-state index in [1.165, 1.54) is 7.11 Å². The van der Waals surface area contributed by atoms with Gasteiger partial charge in [0.05, 0.1) is 44.3 Å². The third-order valence-corrected chi connectivity index (χ3v) is 6.85. The minimum atomic E-state index is -0.832. The van der Waals surface area contributed by atoms with Crippen LogP contribution in [-0.2, 0) is 35.0 Å². The summed E-state index contributed by atoms with van der Waals surface area (Å²) in [7, 11) is 1.51. The number of nitrogens with one attached hydrogen (secondary N) is 2. The summed E-state index contributed by atoms with van der Waals surface area (Å²) in [4.78, 5) is 39.7. The van der Waals surface area contributed by atoms with Crippen LogP contribution in [0.25, 0.3) is 0 Å². The lowest BCUT2D eigenvalue weighted by molar-refractivity contribution is -0.158. The first-order valence-corrected chi connectivity index (χ1v) is 14.7. The molecule has 0 fully saturated rings. The number of aliphatic hydroxyl groups excluding tert-OH is 1. The van der Waals surface area contributed by atoms with Crippen LogP contribution in [0.4, 0.5) is 0 Å². The predicted molar refractivity (Wildman–Crippen MR) is 166 cm³/mol. The fraction of sp³-hybridized carbons (Fsp3) is 0.441. The zero-order chi connectivity index (χ0) is 31.3. The molecule has 0 spiro atoms. The molecule has 0 aliphatic carbocycles. The fourth-order valence-corrected chi connectivity index (χ4v) is 4.66. The largest absolute Gasteiger partial charge is 0.455 e. The van der Waals surface area contributed by atoms with E-state index in [1.807, 2.05) is 60.7 Å². The maximum absolute atomic E-state index is 13.7. The molecule has 43 heavy (non-hydrogen) atoms. The quantitative estimate of drug-likeness (QED) is 0.107. The monoisotopic (exact) mass is 594 g/mol. The van der Waals surface area contributed by atoms with Crippen molar-refractivity contribution >= 4 is 17.8 Å². The highest BCUT2D eigenvalue weighted by atomic mass is 16.5. The number of methoxy groups -OCH3 is 1. The molecule has 9 heteroatoms. The van der Waals surface area contributed by atoms with Crippen molar-refractivity contribution < 1.29 is 33.7 Å². The van der Waals surface area contributed by atoms with E-state index in [0.29, 0.717) is 24.8 Å². The molecule has 2 aromatic carbocycles. The van der Waals surface area contributed by atoms with Gasteiger partial charge in [-0.2, -0.15) is 0 Å². The zero-order valence-corrected chi connectivity index (χ0v) is 25.1. The van der Waals surface area contributed by atoms with Gasteiger partial charge in [-0.05, 0) is 36.8 Å². The van der Waals surface area contributed by atoms with Crippen molar-refractivity contribution in [3.05, 3.63) is 97.1 Å². The average molecular weight is 595 g/mol. The van der Waals surface area contributed by atoms with Gasteiger partial charge in [0.1, 0.15) is 6.10 Å². The molecule has 0 radical (unpaired) electrons. The molecule has 234 valence electrons. The lowest BCUT2D eigenvalue weighted by Gasteiger charge is -2.30. The maximum atomic E-state index is 13.7. The van der Waals surface area contributed by atoms with Crippen LogP contribution in [0.2, 0.25) is 0 Å². The molecular weight excluding hydrogens is 548 g/mol. The van der Waals surface area contributed by atoms with Gasteiger partial charge in [0.25, 0.3) is 0 Å². The van der Waals surface area contributed by atoms with E-state index in [1.54, 1.807) is 12.2 Å². The summed E-state index contributed by atoms with van der Waals surface area (Å²) in [6.07, 6.45) is 4.49. The lowest BCUT2D eigenvalue weighted by Crippen LogP contribution is -2.47. The number of allylic oxidation sites excluding steroid dienone is 2. The third kappa shape index (κ3) is 13.4. The summed E-state index contributed by atoms with van der Waals surface area (Å²) in [5.41, 5.74) is 1.73. The Balaban J connectivity index is 2.23. The minimum Gasteiger partial charge on any atom is -0.455 e. The van der Waals surface area contributed by atoms with Crippen LogP contribution in [0.3, 0.4) is 0 Å². The molecule has 0 bridgehead atoms. The molecule has 2 aromatic rings. The van der Waals surface area contributed by atoms with Crippen LogP contribution in [0.1, 0.15) is 42.9 Å². The lowest BCUT2D eigenvalue weighted by atomic mass is 9.94. The number of rotatable bonds is 22. The fourth-order valence-electron chi connectivity index (χ4n) is 4.66. The molecule has 0 aromatic heterocycles. The highest BCUT2D eigenvalue weighted by Crippen LogP contribution is 2.27. The van der Waals surface area contributed by atoms with E-state index in [-0.39, 0.29) is 63.6 Å². The number of esters is 1. The van der Waals surface area contributed by atoms with Gasteiger partial charge in [0, 0.05) is 20.1 Å². The van der Waals surface area contributed by atoms with Crippen LogP contribution >= 0.6 is 0 Å². The first-order valence-electron chi connectivity index (χ1n) is 14.7. The highest BCUT2D eigenvalue weighted by Gasteiger charge is 2.33. The van der Waals surface area contributed by atoms with E-state index in [2.05, 4.69) is 23.8 Å². The Morgan fingerprint density at radius 2 is 1.65 bits per heavy atom. The molecule has 4 atom stereocenters. The maximum Gasteiger partial charge on any atom is 0.309 e. The van der Waals surface area contributed by atoms with E-state index in [0.717, 1.165) is 5.56 Å². The summed E-state index contributed by atoms with van der Waals surface area (Å²) >= 11 is 0. The molecule has 0 unspecified atom stereocenters. The highest BCUT2D eigenvalue weighted by molar-refractivity contribution is 5.86. The Kier molecular flexibility index (Phi) is 17.3. The third-order valence-electron chi connectivity index (χ3n) is 6.85. The number of aliphatic hydroxyl groups is 1. The van der Waals surface area contributed by atoms with Crippen molar-refractivity contribution in [3.8, 4) is 0 Å². The van der Waals surface area contributed by atoms with Crippen LogP contribution in [-0.4, -0.2) is 69.0 Å². The SMILES string of the molecule is C=CCC[C@H](Cc1ccccc1)C(=O)O[C@@H](c1ccccc1)[C@H](COC)NC(=O)[C@H](CC=C)CC(=O)NCCOCCO. The molecular formula is C34H46N2O7. The van der Waals surface area contributed by atoms with Gasteiger partial charge in [-0.1, -0.05) is 72.8 Å². The van der Waals surface area contributed by atoms with Gasteiger partial charge in [0.2, 0.25) is 11.8 Å². The van der Waals surface area contributed by atoms with Gasteiger partial charge < -0.3 is 30.0 Å². The number of hydrogen-bond donors (Lipinski definition) is 3. The van der Waals surface area contributed by atoms with Crippen LogP contribution in [0.5, 0.6) is 0 Å². The summed E-state index contributed by atoms with van der Waals surface area (Å²) in [5.74, 6) is -2.17. The second-order valence-corrected chi connectivity index (χ2v) is 10.2. The van der Waals surface area contributed by atoms with Crippen molar-refractivity contribution in [2.75, 3.05) is 40.1 Å². The van der Waals surface area contributed by atoms with Crippen molar-refractivity contribution in [1.29, 1.82) is 0 Å². The van der Waals surface area contributed by atoms with Gasteiger partial charge in [0.15, 0.2) is 0 Å². The standard InChI is InChI=1S/C34H46N2O7/c1-4-6-16-29(23-26-14-9-7-10-15-26)34(40)43-32(27-17-11-8-12-18-27)30(25-41-3)36-33(39)28(13-5-2)24-31(38)35-19-21-42-22-20-37/h4-5,7-12,14-15,17-18,28-30,32,37H,1-2,6,13,16,19-25H2,3H3,(H,35,38)(H,36,39)/t28-,29-,30+,32+/m1/s1. The smallest absolute Gasteiger partial charge is 0.309 e. The van der Waals surface area contributed by atoms with Crippen LogP contribution in [0, 0.1) is 11.8 Å². The molecule has 9 nitrogen and oxygen atoms in total. The van der Waals surface area contributed by atoms with E-state index < -0.39 is 24.0 Å². The second-order valence-electron chi connectivity index (χ2n) is 10.2. The van der Waals surface area contributed by atoms with E-state index in [9.17, 15) is 14.4 Å². The molecule has 3 N–H and O–H groups in total. The predicted octanol–water partition coefficient (Wildman–Crippen LogP) is 3.93. The topological polar surface area (TPSA) is 123 Å². The Bertz CT molecular complexity index is 1110. The average Bonchev–Trinajstić information content (AvgIpc) is 3.02. The summed E-state index contributed by atoms with van der Waals surface area (Å²) in [6.45, 7) is 8.23. The number of hydrogen-bond acceptors (Lipinski definition) is 7. The molecule has 2 amide bonds. The molecule has 0 aliphatic heterocycles.